The normalized spacial score (nSPS) is 33.8. The first-order valence-corrected chi connectivity index (χ1v) is 4.97. The topological polar surface area (TPSA) is 12.5 Å². The van der Waals surface area contributed by atoms with Gasteiger partial charge >= 0.3 is 0 Å². The molecule has 1 heterocycles. The molecule has 12 heavy (non-hydrogen) atoms. The lowest BCUT2D eigenvalue weighted by Crippen LogP contribution is -2.35. The minimum absolute atomic E-state index is 0.425. The summed E-state index contributed by atoms with van der Waals surface area (Å²) in [4.78, 5) is 2.49. The summed E-state index contributed by atoms with van der Waals surface area (Å²) in [5.74, 6) is 0.662. The molecular weight excluding hydrogens is 150 g/mol. The minimum Gasteiger partial charge on any atom is -0.377 e. The van der Waals surface area contributed by atoms with E-state index in [4.69, 9.17) is 4.74 Å². The van der Waals surface area contributed by atoms with E-state index in [2.05, 4.69) is 32.6 Å². The van der Waals surface area contributed by atoms with Crippen LogP contribution in [0, 0.1) is 5.92 Å². The lowest BCUT2D eigenvalue weighted by atomic mass is 10.1. The summed E-state index contributed by atoms with van der Waals surface area (Å²) in [5, 5.41) is 0. The van der Waals surface area contributed by atoms with E-state index in [0.29, 0.717) is 18.1 Å². The minimum atomic E-state index is 0.425. The SMILES string of the molecule is CC(C)N1CCO[C@H](C)[C@@H](C)C1. The summed E-state index contributed by atoms with van der Waals surface area (Å²) in [5.41, 5.74) is 0. The number of hydrogen-bond acceptors (Lipinski definition) is 2. The van der Waals surface area contributed by atoms with Gasteiger partial charge in [0, 0.05) is 19.1 Å². The summed E-state index contributed by atoms with van der Waals surface area (Å²) in [6.07, 6.45) is 0.425. The molecule has 0 bridgehead atoms. The van der Waals surface area contributed by atoms with Crippen molar-refractivity contribution in [2.24, 2.45) is 5.92 Å². The molecule has 2 heteroatoms. The number of rotatable bonds is 1. The lowest BCUT2D eigenvalue weighted by Gasteiger charge is -2.26. The van der Waals surface area contributed by atoms with Gasteiger partial charge in [-0.15, -0.1) is 0 Å². The van der Waals surface area contributed by atoms with E-state index in [9.17, 15) is 0 Å². The van der Waals surface area contributed by atoms with E-state index < -0.39 is 0 Å². The van der Waals surface area contributed by atoms with Crippen LogP contribution in [0.25, 0.3) is 0 Å². The van der Waals surface area contributed by atoms with Crippen LogP contribution in [0.3, 0.4) is 0 Å². The van der Waals surface area contributed by atoms with Crippen LogP contribution in [0.2, 0.25) is 0 Å². The average molecular weight is 171 g/mol. The Labute approximate surface area is 75.9 Å². The zero-order chi connectivity index (χ0) is 9.14. The van der Waals surface area contributed by atoms with Crippen LogP contribution in [0.1, 0.15) is 27.7 Å². The van der Waals surface area contributed by atoms with Crippen LogP contribution >= 0.6 is 0 Å². The first-order chi connectivity index (χ1) is 5.61. The Bertz CT molecular complexity index is 136. The summed E-state index contributed by atoms with van der Waals surface area (Å²) >= 11 is 0. The molecule has 0 radical (unpaired) electrons. The molecule has 1 rings (SSSR count). The van der Waals surface area contributed by atoms with Gasteiger partial charge in [-0.05, 0) is 26.7 Å². The molecule has 0 unspecified atom stereocenters. The van der Waals surface area contributed by atoms with Gasteiger partial charge in [-0.1, -0.05) is 6.92 Å². The molecular formula is C10H21NO. The first kappa shape index (κ1) is 10.0. The molecule has 2 nitrogen and oxygen atoms in total. The maximum absolute atomic E-state index is 5.65. The van der Waals surface area contributed by atoms with Crippen molar-refractivity contribution in [2.75, 3.05) is 19.7 Å². The molecule has 1 aliphatic heterocycles. The van der Waals surface area contributed by atoms with Gasteiger partial charge in [-0.25, -0.2) is 0 Å². The molecule has 2 atom stereocenters. The van der Waals surface area contributed by atoms with Gasteiger partial charge in [0.2, 0.25) is 0 Å². The fourth-order valence-corrected chi connectivity index (χ4v) is 1.60. The third-order valence-corrected chi connectivity index (χ3v) is 2.81. The van der Waals surface area contributed by atoms with Crippen molar-refractivity contribution >= 4 is 0 Å². The fraction of sp³-hybridized carbons (Fsp3) is 1.00. The number of ether oxygens (including phenoxy) is 1. The Morgan fingerprint density at radius 3 is 2.58 bits per heavy atom. The highest BCUT2D eigenvalue weighted by molar-refractivity contribution is 4.73. The van der Waals surface area contributed by atoms with E-state index in [0.717, 1.165) is 13.2 Å². The zero-order valence-corrected chi connectivity index (χ0v) is 8.71. The molecule has 0 aliphatic carbocycles. The Balaban J connectivity index is 2.48. The Hall–Kier alpha value is -0.0800. The van der Waals surface area contributed by atoms with E-state index in [1.165, 1.54) is 6.54 Å². The molecule has 1 aliphatic rings. The van der Waals surface area contributed by atoms with Crippen molar-refractivity contribution in [3.63, 3.8) is 0 Å². The van der Waals surface area contributed by atoms with Crippen molar-refractivity contribution in [2.45, 2.75) is 39.8 Å². The van der Waals surface area contributed by atoms with E-state index in [1.807, 2.05) is 0 Å². The van der Waals surface area contributed by atoms with Crippen molar-refractivity contribution in [1.29, 1.82) is 0 Å². The quantitative estimate of drug-likeness (QED) is 0.596. The maximum atomic E-state index is 5.65. The van der Waals surface area contributed by atoms with Gasteiger partial charge in [0.05, 0.1) is 12.7 Å². The van der Waals surface area contributed by atoms with E-state index in [1.54, 1.807) is 0 Å². The van der Waals surface area contributed by atoms with Crippen LogP contribution in [-0.4, -0.2) is 36.7 Å². The van der Waals surface area contributed by atoms with Crippen molar-refractivity contribution in [3.05, 3.63) is 0 Å². The van der Waals surface area contributed by atoms with Crippen LogP contribution in [-0.2, 0) is 4.74 Å². The highest BCUT2D eigenvalue weighted by Crippen LogP contribution is 2.14. The second-order valence-corrected chi connectivity index (χ2v) is 4.14. The highest BCUT2D eigenvalue weighted by Gasteiger charge is 2.22. The van der Waals surface area contributed by atoms with Crippen molar-refractivity contribution < 1.29 is 4.74 Å². The van der Waals surface area contributed by atoms with Gasteiger partial charge in [0.25, 0.3) is 0 Å². The van der Waals surface area contributed by atoms with E-state index >= 15 is 0 Å². The number of hydrogen-bond donors (Lipinski definition) is 0. The molecule has 0 spiro atoms. The molecule has 0 amide bonds. The molecule has 1 fully saturated rings. The Morgan fingerprint density at radius 1 is 1.33 bits per heavy atom. The summed E-state index contributed by atoms with van der Waals surface area (Å²) in [6.45, 7) is 12.1. The fourth-order valence-electron chi connectivity index (χ4n) is 1.60. The monoisotopic (exact) mass is 171 g/mol. The Kier molecular flexibility index (Phi) is 3.53. The third-order valence-electron chi connectivity index (χ3n) is 2.81. The summed E-state index contributed by atoms with van der Waals surface area (Å²) < 4.78 is 5.65. The molecule has 0 aromatic carbocycles. The van der Waals surface area contributed by atoms with Crippen LogP contribution in [0.5, 0.6) is 0 Å². The smallest absolute Gasteiger partial charge is 0.0597 e. The lowest BCUT2D eigenvalue weighted by molar-refractivity contribution is 0.0505. The first-order valence-electron chi connectivity index (χ1n) is 4.97. The van der Waals surface area contributed by atoms with Gasteiger partial charge in [-0.2, -0.15) is 0 Å². The standard InChI is InChI=1S/C10H21NO/c1-8(2)11-5-6-12-10(4)9(3)7-11/h8-10H,5-7H2,1-4H3/t9-,10+/m0/s1. The molecule has 0 saturated carbocycles. The predicted molar refractivity (Wildman–Crippen MR) is 51.3 cm³/mol. The van der Waals surface area contributed by atoms with Crippen molar-refractivity contribution in [3.8, 4) is 0 Å². The van der Waals surface area contributed by atoms with Crippen LogP contribution in [0.15, 0.2) is 0 Å². The molecule has 0 aromatic rings. The van der Waals surface area contributed by atoms with Crippen LogP contribution < -0.4 is 0 Å². The third kappa shape index (κ3) is 2.46. The molecule has 72 valence electrons. The van der Waals surface area contributed by atoms with Gasteiger partial charge in [0.15, 0.2) is 0 Å². The zero-order valence-electron chi connectivity index (χ0n) is 8.71. The van der Waals surface area contributed by atoms with E-state index in [-0.39, 0.29) is 0 Å². The Morgan fingerprint density at radius 2 is 2.00 bits per heavy atom. The van der Waals surface area contributed by atoms with Crippen molar-refractivity contribution in [1.82, 2.24) is 4.90 Å². The second-order valence-electron chi connectivity index (χ2n) is 4.14. The molecule has 0 aromatic heterocycles. The maximum Gasteiger partial charge on any atom is 0.0597 e. The average Bonchev–Trinajstić information content (AvgIpc) is 2.15. The largest absolute Gasteiger partial charge is 0.377 e. The van der Waals surface area contributed by atoms with Gasteiger partial charge < -0.3 is 4.74 Å². The van der Waals surface area contributed by atoms with Gasteiger partial charge in [-0.3, -0.25) is 4.90 Å². The molecule has 0 N–H and O–H groups in total. The van der Waals surface area contributed by atoms with Crippen LogP contribution in [0.4, 0.5) is 0 Å². The molecule has 1 saturated heterocycles. The number of nitrogens with zero attached hydrogens (tertiary/aromatic N) is 1. The van der Waals surface area contributed by atoms with Gasteiger partial charge in [0.1, 0.15) is 0 Å². The second kappa shape index (κ2) is 4.24. The summed E-state index contributed by atoms with van der Waals surface area (Å²) in [6, 6.07) is 0.654. The summed E-state index contributed by atoms with van der Waals surface area (Å²) in [7, 11) is 0. The predicted octanol–water partition coefficient (Wildman–Crippen LogP) is 1.75. The highest BCUT2D eigenvalue weighted by atomic mass is 16.5.